The van der Waals surface area contributed by atoms with Gasteiger partial charge in [-0.1, -0.05) is 12.1 Å². The first kappa shape index (κ1) is 11.3. The standard InChI is InChI=1S/C11H17N3O2/c1-2-7-14-10(8-12-13-14)11(16)5-3-9(15)4-6-11/h8,16H,2-7H2,1H3. The molecular weight excluding hydrogens is 206 g/mol. The molecule has 1 aliphatic carbocycles. The number of aliphatic hydroxyl groups is 1. The zero-order valence-corrected chi connectivity index (χ0v) is 9.52. The predicted molar refractivity (Wildman–Crippen MR) is 57.7 cm³/mol. The number of rotatable bonds is 3. The Hall–Kier alpha value is -1.23. The largest absolute Gasteiger partial charge is 0.383 e. The number of aromatic nitrogens is 3. The van der Waals surface area contributed by atoms with E-state index in [4.69, 9.17) is 0 Å². The Morgan fingerprint density at radius 3 is 2.81 bits per heavy atom. The van der Waals surface area contributed by atoms with Gasteiger partial charge in [0.2, 0.25) is 0 Å². The molecule has 1 heterocycles. The third-order valence-corrected chi connectivity index (χ3v) is 3.16. The maximum absolute atomic E-state index is 11.2. The molecule has 0 aromatic carbocycles. The highest BCUT2D eigenvalue weighted by Gasteiger charge is 2.37. The summed E-state index contributed by atoms with van der Waals surface area (Å²) in [6.45, 7) is 2.81. The van der Waals surface area contributed by atoms with Crippen molar-refractivity contribution in [2.24, 2.45) is 0 Å². The molecule has 1 fully saturated rings. The molecule has 16 heavy (non-hydrogen) atoms. The molecule has 88 valence electrons. The molecule has 0 bridgehead atoms. The maximum Gasteiger partial charge on any atom is 0.133 e. The third-order valence-electron chi connectivity index (χ3n) is 3.16. The van der Waals surface area contributed by atoms with E-state index in [2.05, 4.69) is 17.2 Å². The second-order valence-corrected chi connectivity index (χ2v) is 4.41. The number of Topliss-reactive ketones (excluding diaryl/α,β-unsaturated/α-hetero) is 1. The minimum absolute atomic E-state index is 0.235. The summed E-state index contributed by atoms with van der Waals surface area (Å²) < 4.78 is 1.75. The number of carbonyl (C=O) groups is 1. The smallest absolute Gasteiger partial charge is 0.133 e. The first-order chi connectivity index (χ1) is 7.65. The van der Waals surface area contributed by atoms with Gasteiger partial charge in [0.05, 0.1) is 11.9 Å². The fourth-order valence-electron chi connectivity index (χ4n) is 2.19. The molecule has 1 N–H and O–H groups in total. The van der Waals surface area contributed by atoms with E-state index in [9.17, 15) is 9.90 Å². The van der Waals surface area contributed by atoms with E-state index in [0.717, 1.165) is 18.7 Å². The fourth-order valence-corrected chi connectivity index (χ4v) is 2.19. The van der Waals surface area contributed by atoms with Crippen molar-refractivity contribution in [2.45, 2.75) is 51.2 Å². The monoisotopic (exact) mass is 223 g/mol. The Labute approximate surface area is 94.5 Å². The highest BCUT2D eigenvalue weighted by Crippen LogP contribution is 2.35. The summed E-state index contributed by atoms with van der Waals surface area (Å²) >= 11 is 0. The maximum atomic E-state index is 11.2. The lowest BCUT2D eigenvalue weighted by Gasteiger charge is -2.31. The van der Waals surface area contributed by atoms with Gasteiger partial charge in [-0.15, -0.1) is 5.10 Å². The van der Waals surface area contributed by atoms with Gasteiger partial charge in [0.15, 0.2) is 0 Å². The quantitative estimate of drug-likeness (QED) is 0.830. The number of hydrogen-bond acceptors (Lipinski definition) is 4. The average molecular weight is 223 g/mol. The number of carbonyl (C=O) groups excluding carboxylic acids is 1. The molecule has 1 aromatic heterocycles. The molecular formula is C11H17N3O2. The Balaban J connectivity index is 2.21. The first-order valence-electron chi connectivity index (χ1n) is 5.79. The van der Waals surface area contributed by atoms with Crippen molar-refractivity contribution in [1.29, 1.82) is 0 Å². The topological polar surface area (TPSA) is 68.0 Å². The van der Waals surface area contributed by atoms with Crippen LogP contribution in [0.5, 0.6) is 0 Å². The van der Waals surface area contributed by atoms with Gasteiger partial charge in [-0.3, -0.25) is 4.79 Å². The Morgan fingerprint density at radius 2 is 2.19 bits per heavy atom. The van der Waals surface area contributed by atoms with E-state index in [-0.39, 0.29) is 5.78 Å². The van der Waals surface area contributed by atoms with Crippen molar-refractivity contribution < 1.29 is 9.90 Å². The number of ketones is 1. The summed E-state index contributed by atoms with van der Waals surface area (Å²) in [6, 6.07) is 0. The third kappa shape index (κ3) is 2.00. The van der Waals surface area contributed by atoms with E-state index in [1.807, 2.05) is 0 Å². The minimum Gasteiger partial charge on any atom is -0.383 e. The Bertz CT molecular complexity index is 376. The Kier molecular flexibility index (Phi) is 3.05. The highest BCUT2D eigenvalue weighted by molar-refractivity contribution is 5.79. The van der Waals surface area contributed by atoms with Gasteiger partial charge in [-0.25, -0.2) is 4.68 Å². The Morgan fingerprint density at radius 1 is 1.50 bits per heavy atom. The molecule has 0 radical (unpaired) electrons. The summed E-state index contributed by atoms with van der Waals surface area (Å²) in [5.41, 5.74) is -0.158. The normalized spacial score (nSPS) is 20.0. The predicted octanol–water partition coefficient (Wildman–Crippen LogP) is 1.02. The molecule has 0 spiro atoms. The number of aryl methyl sites for hydroxylation is 1. The highest BCUT2D eigenvalue weighted by atomic mass is 16.3. The van der Waals surface area contributed by atoms with E-state index in [1.165, 1.54) is 0 Å². The van der Waals surface area contributed by atoms with Crippen LogP contribution in [0.4, 0.5) is 0 Å². The molecule has 0 saturated heterocycles. The zero-order valence-electron chi connectivity index (χ0n) is 9.52. The van der Waals surface area contributed by atoms with Gasteiger partial charge >= 0.3 is 0 Å². The van der Waals surface area contributed by atoms with E-state index < -0.39 is 5.60 Å². The molecule has 1 aromatic rings. The molecule has 5 heteroatoms. The van der Waals surface area contributed by atoms with Crippen molar-refractivity contribution in [3.8, 4) is 0 Å². The van der Waals surface area contributed by atoms with Crippen LogP contribution in [0.3, 0.4) is 0 Å². The molecule has 5 nitrogen and oxygen atoms in total. The number of nitrogens with zero attached hydrogens (tertiary/aromatic N) is 3. The van der Waals surface area contributed by atoms with Crippen molar-refractivity contribution in [3.63, 3.8) is 0 Å². The van der Waals surface area contributed by atoms with Crippen LogP contribution >= 0.6 is 0 Å². The van der Waals surface area contributed by atoms with Gasteiger partial charge in [-0.2, -0.15) is 0 Å². The molecule has 1 saturated carbocycles. The van der Waals surface area contributed by atoms with E-state index in [0.29, 0.717) is 25.7 Å². The van der Waals surface area contributed by atoms with Gasteiger partial charge in [0, 0.05) is 19.4 Å². The summed E-state index contributed by atoms with van der Waals surface area (Å²) in [5.74, 6) is 0.235. The molecule has 2 rings (SSSR count). The van der Waals surface area contributed by atoms with Crippen molar-refractivity contribution in [3.05, 3.63) is 11.9 Å². The van der Waals surface area contributed by atoms with Crippen LogP contribution < -0.4 is 0 Å². The second-order valence-electron chi connectivity index (χ2n) is 4.41. The van der Waals surface area contributed by atoms with Crippen LogP contribution in [-0.4, -0.2) is 25.9 Å². The molecule has 0 amide bonds. The van der Waals surface area contributed by atoms with Crippen LogP contribution in [0.25, 0.3) is 0 Å². The SMILES string of the molecule is CCCn1nncc1C1(O)CCC(=O)CC1. The minimum atomic E-state index is -0.910. The van der Waals surface area contributed by atoms with Crippen LogP contribution in [0.1, 0.15) is 44.7 Å². The second kappa shape index (κ2) is 4.33. The van der Waals surface area contributed by atoms with Gasteiger partial charge < -0.3 is 5.11 Å². The first-order valence-corrected chi connectivity index (χ1v) is 5.79. The van der Waals surface area contributed by atoms with Gasteiger partial charge in [0.25, 0.3) is 0 Å². The fraction of sp³-hybridized carbons (Fsp3) is 0.727. The van der Waals surface area contributed by atoms with Crippen molar-refractivity contribution in [2.75, 3.05) is 0 Å². The van der Waals surface area contributed by atoms with Gasteiger partial charge in [-0.05, 0) is 19.3 Å². The number of hydrogen-bond donors (Lipinski definition) is 1. The van der Waals surface area contributed by atoms with Crippen LogP contribution in [0, 0.1) is 0 Å². The lowest BCUT2D eigenvalue weighted by molar-refractivity contribution is -0.126. The van der Waals surface area contributed by atoms with E-state index >= 15 is 0 Å². The van der Waals surface area contributed by atoms with Crippen LogP contribution in [0.15, 0.2) is 6.20 Å². The summed E-state index contributed by atoms with van der Waals surface area (Å²) in [4.78, 5) is 11.2. The van der Waals surface area contributed by atoms with Crippen molar-refractivity contribution in [1.82, 2.24) is 15.0 Å². The zero-order chi connectivity index (χ0) is 11.6. The summed E-state index contributed by atoms with van der Waals surface area (Å²) in [7, 11) is 0. The summed E-state index contributed by atoms with van der Waals surface area (Å²) in [6.07, 6.45) is 4.45. The van der Waals surface area contributed by atoms with Gasteiger partial charge in [0.1, 0.15) is 11.4 Å². The lowest BCUT2D eigenvalue weighted by atomic mass is 9.82. The molecule has 0 atom stereocenters. The molecule has 0 aliphatic heterocycles. The van der Waals surface area contributed by atoms with Crippen LogP contribution in [-0.2, 0) is 16.9 Å². The molecule has 1 aliphatic rings. The lowest BCUT2D eigenvalue weighted by Crippen LogP contribution is -2.34. The average Bonchev–Trinajstić information content (AvgIpc) is 2.72. The van der Waals surface area contributed by atoms with Crippen LogP contribution in [0.2, 0.25) is 0 Å². The van der Waals surface area contributed by atoms with Crippen molar-refractivity contribution >= 4 is 5.78 Å². The summed E-state index contributed by atoms with van der Waals surface area (Å²) in [5, 5.41) is 18.3. The molecule has 0 unspecified atom stereocenters. The van der Waals surface area contributed by atoms with E-state index in [1.54, 1.807) is 10.9 Å².